The van der Waals surface area contributed by atoms with Gasteiger partial charge >= 0.3 is 99.8 Å². The summed E-state index contributed by atoms with van der Waals surface area (Å²) >= 11 is 4.74. The topological polar surface area (TPSA) is 0 Å². The van der Waals surface area contributed by atoms with E-state index in [1.807, 2.05) is 12.1 Å². The molecule has 0 aliphatic carbocycles. The summed E-state index contributed by atoms with van der Waals surface area (Å²) in [5.74, 6) is 0. The van der Waals surface area contributed by atoms with Gasteiger partial charge in [0.05, 0.1) is 0 Å². The minimum atomic E-state index is -1.52. The van der Waals surface area contributed by atoms with Gasteiger partial charge in [-0.2, -0.15) is 0 Å². The van der Waals surface area contributed by atoms with Crippen molar-refractivity contribution in [2.24, 2.45) is 0 Å². The van der Waals surface area contributed by atoms with Gasteiger partial charge in [-0.25, -0.2) is 0 Å². The van der Waals surface area contributed by atoms with Crippen molar-refractivity contribution in [2.45, 2.75) is 35.6 Å². The third kappa shape index (κ3) is 2.90. The Balaban J connectivity index is 3.05. The molecule has 0 unspecified atom stereocenters. The van der Waals surface area contributed by atoms with Gasteiger partial charge in [0.2, 0.25) is 0 Å². The normalized spacial score (nSPS) is 11.7. The van der Waals surface area contributed by atoms with Crippen molar-refractivity contribution in [3.63, 3.8) is 0 Å². The molecule has 0 saturated carbocycles. The van der Waals surface area contributed by atoms with Gasteiger partial charge in [-0.1, -0.05) is 0 Å². The Labute approximate surface area is 99.4 Å². The first-order valence-electron chi connectivity index (χ1n) is 5.15. The maximum atomic E-state index is 6.26. The first-order chi connectivity index (χ1) is 6.54. The number of hydrogen-bond donors (Lipinski definition) is 0. The molecule has 0 heterocycles. The van der Waals surface area contributed by atoms with E-state index in [1.165, 1.54) is 3.58 Å². The molecule has 0 aromatic heterocycles. The molecule has 0 atom stereocenters. The summed E-state index contributed by atoms with van der Waals surface area (Å²) < 4.78 is 3.15. The van der Waals surface area contributed by atoms with E-state index < -0.39 is 19.8 Å². The molecule has 2 heteroatoms. The minimum absolute atomic E-state index is 0.831. The van der Waals surface area contributed by atoms with Crippen LogP contribution in [0.1, 0.15) is 27.7 Å². The summed E-state index contributed by atoms with van der Waals surface area (Å²) in [7, 11) is 0. The second-order valence-corrected chi connectivity index (χ2v) is 15.4. The molecule has 0 nitrogen and oxygen atoms in total. The molecule has 0 aliphatic heterocycles. The Morgan fingerprint density at radius 1 is 1.00 bits per heavy atom. The monoisotopic (exact) mass is 317 g/mol. The average Bonchev–Trinajstić information content (AvgIpc) is 2.07. The average molecular weight is 316 g/mol. The fraction of sp³-hybridized carbons (Fsp3) is 0.500. The molecule has 0 amide bonds. The van der Waals surface area contributed by atoms with Crippen LogP contribution in [0.2, 0.25) is 12.9 Å². The summed E-state index contributed by atoms with van der Waals surface area (Å²) in [6, 6.07) is 8.40. The van der Waals surface area contributed by atoms with Crippen molar-refractivity contribution in [2.75, 3.05) is 0 Å². The summed E-state index contributed by atoms with van der Waals surface area (Å²) in [4.78, 5) is 0. The molecule has 0 saturated heterocycles. The Morgan fingerprint density at radius 3 is 1.93 bits per heavy atom. The first-order valence-corrected chi connectivity index (χ1v) is 10.3. The van der Waals surface area contributed by atoms with Crippen LogP contribution in [0.4, 0.5) is 0 Å². The molecule has 77 valence electrons. The zero-order valence-corrected chi connectivity index (χ0v) is 13.0. The maximum absolute atomic E-state index is 6.26. The quantitative estimate of drug-likeness (QED) is 0.743. The molecule has 1 aromatic carbocycles. The Bertz CT molecular complexity index is 286. The van der Waals surface area contributed by atoms with E-state index in [0.29, 0.717) is 0 Å². The van der Waals surface area contributed by atoms with Crippen molar-refractivity contribution in [1.82, 2.24) is 0 Å². The van der Waals surface area contributed by atoms with Crippen LogP contribution >= 0.6 is 11.6 Å². The Kier molecular flexibility index (Phi) is 4.78. The van der Waals surface area contributed by atoms with E-state index in [1.54, 1.807) is 0 Å². The zero-order valence-electron chi connectivity index (χ0n) is 9.34. The van der Waals surface area contributed by atoms with Crippen molar-refractivity contribution < 1.29 is 0 Å². The molecular formula is C12H18ClSn. The van der Waals surface area contributed by atoms with E-state index in [2.05, 4.69) is 39.8 Å². The summed E-state index contributed by atoms with van der Waals surface area (Å²) in [6.07, 6.45) is 0. The van der Waals surface area contributed by atoms with Crippen LogP contribution in [0.25, 0.3) is 0 Å². The van der Waals surface area contributed by atoms with Gasteiger partial charge < -0.3 is 0 Å². The predicted octanol–water partition coefficient (Wildman–Crippen LogP) is 3.86. The number of rotatable bonds is 3. The fourth-order valence-corrected chi connectivity index (χ4v) is 12.1. The van der Waals surface area contributed by atoms with E-state index >= 15 is 0 Å². The summed E-state index contributed by atoms with van der Waals surface area (Å²) in [6.45, 7) is 9.38. The molecule has 0 spiro atoms. The molecule has 1 radical (unpaired) electrons. The second-order valence-electron chi connectivity index (χ2n) is 4.24. The standard InChI is InChI=1S/C6H4Cl.2C3H7.Sn/c7-6-4-2-1-3-5-6;2*1-3-2;/h1-4H;2*3H,1-2H3;. The van der Waals surface area contributed by atoms with Gasteiger partial charge in [-0.05, 0) is 0 Å². The van der Waals surface area contributed by atoms with E-state index in [-0.39, 0.29) is 0 Å². The van der Waals surface area contributed by atoms with Gasteiger partial charge in [0.1, 0.15) is 0 Å². The van der Waals surface area contributed by atoms with Gasteiger partial charge in [0.15, 0.2) is 0 Å². The van der Waals surface area contributed by atoms with Gasteiger partial charge in [-0.3, -0.25) is 0 Å². The van der Waals surface area contributed by atoms with Crippen molar-refractivity contribution >= 4 is 34.9 Å². The summed E-state index contributed by atoms with van der Waals surface area (Å²) in [5.41, 5.74) is 0. The van der Waals surface area contributed by atoms with Crippen LogP contribution in [0, 0.1) is 0 Å². The molecule has 0 fully saturated rings. The van der Waals surface area contributed by atoms with Crippen LogP contribution in [0.5, 0.6) is 0 Å². The molecule has 0 N–H and O–H groups in total. The van der Waals surface area contributed by atoms with E-state index in [9.17, 15) is 0 Å². The van der Waals surface area contributed by atoms with Gasteiger partial charge in [0.25, 0.3) is 0 Å². The molecule has 14 heavy (non-hydrogen) atoms. The third-order valence-electron chi connectivity index (χ3n) is 2.43. The Hall–Kier alpha value is 0.309. The van der Waals surface area contributed by atoms with Crippen molar-refractivity contribution in [3.05, 3.63) is 29.3 Å². The number of benzene rings is 1. The molecule has 1 rings (SSSR count). The van der Waals surface area contributed by atoms with Crippen LogP contribution < -0.4 is 3.58 Å². The third-order valence-corrected chi connectivity index (χ3v) is 13.3. The first kappa shape index (κ1) is 12.4. The fourth-order valence-electron chi connectivity index (χ4n) is 1.98. The number of hydrogen-bond acceptors (Lipinski definition) is 0. The molecular weight excluding hydrogens is 298 g/mol. The van der Waals surface area contributed by atoms with Gasteiger partial charge in [-0.15, -0.1) is 0 Å². The van der Waals surface area contributed by atoms with Crippen LogP contribution in [-0.4, -0.2) is 19.8 Å². The zero-order chi connectivity index (χ0) is 10.7. The van der Waals surface area contributed by atoms with Crippen LogP contribution in [0.15, 0.2) is 24.3 Å². The number of halogens is 1. The van der Waals surface area contributed by atoms with Gasteiger partial charge in [0, 0.05) is 0 Å². The SMILES string of the molecule is C[CH](C)[Sn]([c]1ccccc1Cl)[CH](C)C. The van der Waals surface area contributed by atoms with E-state index in [0.717, 1.165) is 12.9 Å². The van der Waals surface area contributed by atoms with Crippen molar-refractivity contribution in [1.29, 1.82) is 0 Å². The van der Waals surface area contributed by atoms with Crippen molar-refractivity contribution in [3.8, 4) is 0 Å². The van der Waals surface area contributed by atoms with E-state index in [4.69, 9.17) is 11.6 Å². The second kappa shape index (κ2) is 5.41. The molecule has 0 bridgehead atoms. The Morgan fingerprint density at radius 2 is 1.50 bits per heavy atom. The summed E-state index contributed by atoms with van der Waals surface area (Å²) in [5, 5.41) is 0.990. The predicted molar refractivity (Wildman–Crippen MR) is 67.0 cm³/mol. The van der Waals surface area contributed by atoms with Crippen LogP contribution in [-0.2, 0) is 0 Å². The molecule has 1 aromatic rings. The molecule has 0 aliphatic rings. The van der Waals surface area contributed by atoms with Crippen LogP contribution in [0.3, 0.4) is 0 Å².